The molecule has 6 nitrogen and oxygen atoms in total. The van der Waals surface area contributed by atoms with Crippen molar-refractivity contribution in [2.24, 2.45) is 4.99 Å². The van der Waals surface area contributed by atoms with Gasteiger partial charge in [0.15, 0.2) is 4.80 Å². The number of amides is 1. The highest BCUT2D eigenvalue weighted by Gasteiger charge is 2.16. The van der Waals surface area contributed by atoms with E-state index in [2.05, 4.69) is 11.1 Å². The standard InChI is InChI=1S/C21H22N2O4S/c1-5-27-18(24)12-23-16-11-13(2)10-14(3)19(16)28-21(23)22-20(25)15-8-6-7-9-17(15)26-4/h6-11H,5,12H2,1-4H3. The Morgan fingerprint density at radius 1 is 1.18 bits per heavy atom. The van der Waals surface area contributed by atoms with Crippen LogP contribution in [0.25, 0.3) is 10.2 Å². The van der Waals surface area contributed by atoms with Gasteiger partial charge in [-0.05, 0) is 50.1 Å². The van der Waals surface area contributed by atoms with Gasteiger partial charge in [-0.2, -0.15) is 4.99 Å². The average molecular weight is 398 g/mol. The molecule has 0 aliphatic rings. The lowest BCUT2D eigenvalue weighted by Crippen LogP contribution is -2.23. The summed E-state index contributed by atoms with van der Waals surface area (Å²) in [5.74, 6) is -0.329. The lowest BCUT2D eigenvalue weighted by molar-refractivity contribution is -0.143. The van der Waals surface area contributed by atoms with Gasteiger partial charge < -0.3 is 14.0 Å². The Bertz CT molecular complexity index is 1110. The van der Waals surface area contributed by atoms with Gasteiger partial charge in [0.1, 0.15) is 12.3 Å². The Kier molecular flexibility index (Phi) is 5.94. The first-order chi connectivity index (χ1) is 13.4. The van der Waals surface area contributed by atoms with Gasteiger partial charge in [0.2, 0.25) is 0 Å². The normalized spacial score (nSPS) is 11.6. The first-order valence-corrected chi connectivity index (χ1v) is 9.74. The summed E-state index contributed by atoms with van der Waals surface area (Å²) in [6.45, 7) is 6.06. The summed E-state index contributed by atoms with van der Waals surface area (Å²) in [6, 6.07) is 11.0. The zero-order valence-electron chi connectivity index (χ0n) is 16.3. The fourth-order valence-corrected chi connectivity index (χ4v) is 4.13. The monoisotopic (exact) mass is 398 g/mol. The third-order valence-electron chi connectivity index (χ3n) is 4.24. The zero-order valence-corrected chi connectivity index (χ0v) is 17.1. The van der Waals surface area contributed by atoms with Gasteiger partial charge in [-0.15, -0.1) is 0 Å². The number of aryl methyl sites for hydroxylation is 2. The van der Waals surface area contributed by atoms with Crippen LogP contribution in [0.15, 0.2) is 41.4 Å². The Morgan fingerprint density at radius 2 is 1.93 bits per heavy atom. The van der Waals surface area contributed by atoms with E-state index in [0.717, 1.165) is 21.3 Å². The number of esters is 1. The molecule has 1 aromatic heterocycles. The van der Waals surface area contributed by atoms with Crippen LogP contribution in [0.2, 0.25) is 0 Å². The van der Waals surface area contributed by atoms with Crippen molar-refractivity contribution in [3.8, 4) is 5.75 Å². The SMILES string of the molecule is CCOC(=O)Cn1c(=NC(=O)c2ccccc2OC)sc2c(C)cc(C)cc21. The maximum atomic E-state index is 12.8. The zero-order chi connectivity index (χ0) is 20.3. The van der Waals surface area contributed by atoms with E-state index in [9.17, 15) is 9.59 Å². The molecule has 0 aliphatic carbocycles. The van der Waals surface area contributed by atoms with Crippen LogP contribution in [-0.4, -0.2) is 30.2 Å². The van der Waals surface area contributed by atoms with Crippen LogP contribution in [-0.2, 0) is 16.1 Å². The van der Waals surface area contributed by atoms with Crippen LogP contribution >= 0.6 is 11.3 Å². The summed E-state index contributed by atoms with van der Waals surface area (Å²) in [6.07, 6.45) is 0. The first-order valence-electron chi connectivity index (χ1n) is 8.93. The Labute approximate surface area is 167 Å². The second-order valence-corrected chi connectivity index (χ2v) is 7.30. The average Bonchev–Trinajstić information content (AvgIpc) is 2.99. The molecular weight excluding hydrogens is 376 g/mol. The van der Waals surface area contributed by atoms with Gasteiger partial charge in [-0.25, -0.2) is 0 Å². The largest absolute Gasteiger partial charge is 0.496 e. The van der Waals surface area contributed by atoms with E-state index in [-0.39, 0.29) is 12.5 Å². The fraction of sp³-hybridized carbons (Fsp3) is 0.286. The number of methoxy groups -OCH3 is 1. The molecule has 1 heterocycles. The predicted octanol–water partition coefficient (Wildman–Crippen LogP) is 3.63. The molecule has 0 N–H and O–H groups in total. The van der Waals surface area contributed by atoms with Crippen molar-refractivity contribution >= 4 is 33.4 Å². The number of hydrogen-bond donors (Lipinski definition) is 0. The second-order valence-electron chi connectivity index (χ2n) is 6.32. The quantitative estimate of drug-likeness (QED) is 0.616. The van der Waals surface area contributed by atoms with E-state index in [1.165, 1.54) is 18.4 Å². The van der Waals surface area contributed by atoms with Crippen molar-refractivity contribution < 1.29 is 19.1 Å². The maximum Gasteiger partial charge on any atom is 0.326 e. The highest BCUT2D eigenvalue weighted by atomic mass is 32.1. The van der Waals surface area contributed by atoms with E-state index in [0.29, 0.717) is 22.7 Å². The minimum atomic E-state index is -0.420. The molecule has 146 valence electrons. The molecule has 2 aromatic carbocycles. The Hall–Kier alpha value is -2.93. The van der Waals surface area contributed by atoms with E-state index >= 15 is 0 Å². The number of fused-ring (bicyclic) bond motifs is 1. The second kappa shape index (κ2) is 8.39. The minimum Gasteiger partial charge on any atom is -0.496 e. The van der Waals surface area contributed by atoms with Crippen molar-refractivity contribution in [2.45, 2.75) is 27.3 Å². The molecule has 0 atom stereocenters. The van der Waals surface area contributed by atoms with Gasteiger partial charge in [-0.3, -0.25) is 9.59 Å². The van der Waals surface area contributed by atoms with Crippen molar-refractivity contribution in [1.29, 1.82) is 0 Å². The molecular formula is C21H22N2O4S. The van der Waals surface area contributed by atoms with E-state index in [1.54, 1.807) is 35.8 Å². The van der Waals surface area contributed by atoms with Crippen molar-refractivity contribution in [3.63, 3.8) is 0 Å². The summed E-state index contributed by atoms with van der Waals surface area (Å²) in [4.78, 5) is 29.7. The van der Waals surface area contributed by atoms with E-state index < -0.39 is 5.91 Å². The lowest BCUT2D eigenvalue weighted by Gasteiger charge is -2.07. The molecule has 0 aliphatic heterocycles. The highest BCUT2D eigenvalue weighted by molar-refractivity contribution is 7.16. The summed E-state index contributed by atoms with van der Waals surface area (Å²) < 4.78 is 13.1. The Morgan fingerprint density at radius 3 is 2.64 bits per heavy atom. The molecule has 1 amide bonds. The number of para-hydroxylation sites is 1. The number of hydrogen-bond acceptors (Lipinski definition) is 5. The smallest absolute Gasteiger partial charge is 0.326 e. The summed E-state index contributed by atoms with van der Waals surface area (Å²) in [5, 5.41) is 0. The molecule has 3 rings (SSSR count). The fourth-order valence-electron chi connectivity index (χ4n) is 3.05. The summed E-state index contributed by atoms with van der Waals surface area (Å²) in [7, 11) is 1.51. The highest BCUT2D eigenvalue weighted by Crippen LogP contribution is 2.24. The molecule has 0 spiro atoms. The van der Waals surface area contributed by atoms with Crippen molar-refractivity contribution in [1.82, 2.24) is 4.57 Å². The minimum absolute atomic E-state index is 0.00519. The molecule has 0 saturated carbocycles. The third-order valence-corrected chi connectivity index (χ3v) is 5.47. The molecule has 0 fully saturated rings. The van der Waals surface area contributed by atoms with Gasteiger partial charge in [0.05, 0.1) is 29.5 Å². The summed E-state index contributed by atoms with van der Waals surface area (Å²) in [5.41, 5.74) is 3.38. The number of benzene rings is 2. The van der Waals surface area contributed by atoms with Crippen LogP contribution in [0.3, 0.4) is 0 Å². The number of carbonyl (C=O) groups excluding carboxylic acids is 2. The Balaban J connectivity index is 2.18. The molecule has 7 heteroatoms. The van der Waals surface area contributed by atoms with E-state index in [4.69, 9.17) is 9.47 Å². The van der Waals surface area contributed by atoms with Gasteiger partial charge in [0, 0.05) is 0 Å². The lowest BCUT2D eigenvalue weighted by atomic mass is 10.1. The number of rotatable bonds is 5. The van der Waals surface area contributed by atoms with Crippen LogP contribution in [0.5, 0.6) is 5.75 Å². The van der Waals surface area contributed by atoms with Crippen molar-refractivity contribution in [3.05, 3.63) is 57.9 Å². The molecule has 0 unspecified atom stereocenters. The van der Waals surface area contributed by atoms with Gasteiger partial charge in [-0.1, -0.05) is 29.5 Å². The molecule has 0 radical (unpaired) electrons. The van der Waals surface area contributed by atoms with Crippen LogP contribution < -0.4 is 9.54 Å². The van der Waals surface area contributed by atoms with Crippen LogP contribution in [0, 0.1) is 13.8 Å². The molecule has 0 saturated heterocycles. The van der Waals surface area contributed by atoms with Gasteiger partial charge in [0.25, 0.3) is 5.91 Å². The first kappa shape index (κ1) is 19.8. The number of ether oxygens (including phenoxy) is 2. The molecule has 28 heavy (non-hydrogen) atoms. The number of nitrogens with zero attached hydrogens (tertiary/aromatic N) is 2. The van der Waals surface area contributed by atoms with Crippen LogP contribution in [0.4, 0.5) is 0 Å². The number of thiazole rings is 1. The molecule has 0 bridgehead atoms. The van der Waals surface area contributed by atoms with Gasteiger partial charge >= 0.3 is 5.97 Å². The summed E-state index contributed by atoms with van der Waals surface area (Å²) >= 11 is 1.38. The van der Waals surface area contributed by atoms with E-state index in [1.807, 2.05) is 19.9 Å². The topological polar surface area (TPSA) is 69.9 Å². The predicted molar refractivity (Wildman–Crippen MR) is 109 cm³/mol. The van der Waals surface area contributed by atoms with Crippen LogP contribution in [0.1, 0.15) is 28.4 Å². The number of carbonyl (C=O) groups is 2. The maximum absolute atomic E-state index is 12.8. The third kappa shape index (κ3) is 3.99. The van der Waals surface area contributed by atoms with Crippen molar-refractivity contribution in [2.75, 3.05) is 13.7 Å². The number of aromatic nitrogens is 1. The molecule has 3 aromatic rings.